The van der Waals surface area contributed by atoms with Crippen LogP contribution in [-0.2, 0) is 4.74 Å². The molecule has 3 nitrogen and oxygen atoms in total. The summed E-state index contributed by atoms with van der Waals surface area (Å²) >= 11 is 0. The maximum atomic E-state index is 11.9. The summed E-state index contributed by atoms with van der Waals surface area (Å²) in [7, 11) is 0. The van der Waals surface area contributed by atoms with Crippen molar-refractivity contribution in [1.82, 2.24) is 0 Å². The van der Waals surface area contributed by atoms with E-state index in [0.717, 1.165) is 5.56 Å². The van der Waals surface area contributed by atoms with Gasteiger partial charge >= 0.3 is 12.1 Å². The molecule has 0 aliphatic carbocycles. The van der Waals surface area contributed by atoms with Crippen LogP contribution in [0.5, 0.6) is 0 Å². The first-order valence-electron chi connectivity index (χ1n) is 5.39. The lowest BCUT2D eigenvalue weighted by atomic mass is 10.1. The van der Waals surface area contributed by atoms with Gasteiger partial charge in [0.1, 0.15) is 0 Å². The molecule has 0 fully saturated rings. The van der Waals surface area contributed by atoms with Crippen LogP contribution < -0.4 is 5.73 Å². The maximum absolute atomic E-state index is 11.9. The third kappa shape index (κ3) is 5.07. The molecule has 0 spiro atoms. The number of rotatable bonds is 4. The van der Waals surface area contributed by atoms with E-state index in [2.05, 4.69) is 0 Å². The SMILES string of the molecule is Cc1cc(N)cc(C(=O)OCCCC(F)(F)F)c1. The largest absolute Gasteiger partial charge is 0.462 e. The van der Waals surface area contributed by atoms with Crippen LogP contribution in [0.25, 0.3) is 0 Å². The van der Waals surface area contributed by atoms with Crippen molar-refractivity contribution >= 4 is 11.7 Å². The van der Waals surface area contributed by atoms with Crippen LogP contribution in [0.3, 0.4) is 0 Å². The van der Waals surface area contributed by atoms with Crippen molar-refractivity contribution in [2.24, 2.45) is 0 Å². The fourth-order valence-electron chi connectivity index (χ4n) is 1.45. The molecule has 0 saturated carbocycles. The zero-order valence-corrected chi connectivity index (χ0v) is 9.88. The normalized spacial score (nSPS) is 11.3. The number of hydrogen-bond donors (Lipinski definition) is 1. The number of nitrogen functional groups attached to an aromatic ring is 1. The molecule has 0 radical (unpaired) electrons. The Hall–Kier alpha value is -1.72. The van der Waals surface area contributed by atoms with E-state index in [1.807, 2.05) is 0 Å². The van der Waals surface area contributed by atoms with E-state index in [-0.39, 0.29) is 18.6 Å². The van der Waals surface area contributed by atoms with E-state index in [1.165, 1.54) is 6.07 Å². The Bertz CT molecular complexity index is 410. The molecule has 1 aromatic rings. The number of ether oxygens (including phenoxy) is 1. The van der Waals surface area contributed by atoms with Crippen LogP contribution in [0.1, 0.15) is 28.8 Å². The summed E-state index contributed by atoms with van der Waals surface area (Å²) in [5.74, 6) is -0.660. The maximum Gasteiger partial charge on any atom is 0.389 e. The van der Waals surface area contributed by atoms with Gasteiger partial charge < -0.3 is 10.5 Å². The van der Waals surface area contributed by atoms with Gasteiger partial charge in [-0.1, -0.05) is 0 Å². The van der Waals surface area contributed by atoms with Gasteiger partial charge in [0.05, 0.1) is 12.2 Å². The van der Waals surface area contributed by atoms with E-state index in [9.17, 15) is 18.0 Å². The van der Waals surface area contributed by atoms with E-state index >= 15 is 0 Å². The minimum Gasteiger partial charge on any atom is -0.462 e. The first-order chi connectivity index (χ1) is 8.28. The van der Waals surface area contributed by atoms with E-state index < -0.39 is 18.6 Å². The molecule has 1 aromatic carbocycles. The number of hydrogen-bond acceptors (Lipinski definition) is 3. The highest BCUT2D eigenvalue weighted by Crippen LogP contribution is 2.21. The average Bonchev–Trinajstić information content (AvgIpc) is 2.21. The second kappa shape index (κ2) is 5.75. The highest BCUT2D eigenvalue weighted by molar-refractivity contribution is 5.90. The van der Waals surface area contributed by atoms with Gasteiger partial charge in [0, 0.05) is 12.1 Å². The highest BCUT2D eigenvalue weighted by atomic mass is 19.4. The van der Waals surface area contributed by atoms with Crippen LogP contribution in [-0.4, -0.2) is 18.8 Å². The standard InChI is InChI=1S/C12H14F3NO2/c1-8-5-9(7-10(16)6-8)11(17)18-4-2-3-12(13,14)15/h5-7H,2-4,16H2,1H3. The van der Waals surface area contributed by atoms with Crippen LogP contribution in [0, 0.1) is 6.92 Å². The molecule has 100 valence electrons. The zero-order valence-electron chi connectivity index (χ0n) is 9.88. The number of carbonyl (C=O) groups excluding carboxylic acids is 1. The molecule has 1 rings (SSSR count). The summed E-state index contributed by atoms with van der Waals surface area (Å²) in [6.45, 7) is 1.50. The molecule has 0 heterocycles. The molecule has 0 saturated heterocycles. The van der Waals surface area contributed by atoms with Gasteiger partial charge in [-0.25, -0.2) is 4.79 Å². The van der Waals surface area contributed by atoms with Gasteiger partial charge in [0.2, 0.25) is 0 Å². The second-order valence-electron chi connectivity index (χ2n) is 3.99. The summed E-state index contributed by atoms with van der Waals surface area (Å²) in [4.78, 5) is 11.5. The minimum absolute atomic E-state index is 0.240. The molecule has 6 heteroatoms. The van der Waals surface area contributed by atoms with Crippen LogP contribution in [0.2, 0.25) is 0 Å². The number of aryl methyl sites for hydroxylation is 1. The van der Waals surface area contributed by atoms with Gasteiger partial charge in [0.25, 0.3) is 0 Å². The fraction of sp³-hybridized carbons (Fsp3) is 0.417. The Balaban J connectivity index is 2.46. The van der Waals surface area contributed by atoms with Crippen molar-refractivity contribution in [3.63, 3.8) is 0 Å². The predicted molar refractivity (Wildman–Crippen MR) is 61.2 cm³/mol. The van der Waals surface area contributed by atoms with Crippen molar-refractivity contribution in [3.05, 3.63) is 29.3 Å². The zero-order chi connectivity index (χ0) is 13.8. The number of nitrogens with two attached hydrogens (primary N) is 1. The number of carbonyl (C=O) groups is 1. The van der Waals surface area contributed by atoms with Crippen molar-refractivity contribution in [2.75, 3.05) is 12.3 Å². The van der Waals surface area contributed by atoms with Crippen molar-refractivity contribution in [2.45, 2.75) is 25.9 Å². The molecule has 0 amide bonds. The molecule has 2 N–H and O–H groups in total. The van der Waals surface area contributed by atoms with Crippen molar-refractivity contribution in [3.8, 4) is 0 Å². The minimum atomic E-state index is -4.22. The Morgan fingerprint density at radius 3 is 2.56 bits per heavy atom. The van der Waals surface area contributed by atoms with Crippen LogP contribution >= 0.6 is 0 Å². The highest BCUT2D eigenvalue weighted by Gasteiger charge is 2.26. The second-order valence-corrected chi connectivity index (χ2v) is 3.99. The average molecular weight is 261 g/mol. The van der Waals surface area contributed by atoms with Crippen molar-refractivity contribution in [1.29, 1.82) is 0 Å². The Labute approximate surface area is 103 Å². The van der Waals surface area contributed by atoms with Crippen molar-refractivity contribution < 1.29 is 22.7 Å². The third-order valence-corrected chi connectivity index (χ3v) is 2.17. The quantitative estimate of drug-likeness (QED) is 0.515. The number of anilines is 1. The molecule has 0 bridgehead atoms. The van der Waals surface area contributed by atoms with Gasteiger partial charge in [-0.3, -0.25) is 0 Å². The first-order valence-corrected chi connectivity index (χ1v) is 5.39. The number of alkyl halides is 3. The summed E-state index contributed by atoms with van der Waals surface area (Å²) in [5.41, 5.74) is 7.01. The van der Waals surface area contributed by atoms with Gasteiger partial charge in [0.15, 0.2) is 0 Å². The predicted octanol–water partition coefficient (Wildman–Crippen LogP) is 3.08. The molecular weight excluding hydrogens is 247 g/mol. The summed E-state index contributed by atoms with van der Waals surface area (Å²) < 4.78 is 40.3. The lowest BCUT2D eigenvalue weighted by Gasteiger charge is -2.08. The molecule has 0 aliphatic heterocycles. The molecule has 0 atom stereocenters. The molecule has 0 aromatic heterocycles. The van der Waals surface area contributed by atoms with Gasteiger partial charge in [-0.05, 0) is 37.1 Å². The monoisotopic (exact) mass is 261 g/mol. The van der Waals surface area contributed by atoms with Gasteiger partial charge in [-0.2, -0.15) is 13.2 Å². The van der Waals surface area contributed by atoms with E-state index in [1.54, 1.807) is 19.1 Å². The van der Waals surface area contributed by atoms with E-state index in [0.29, 0.717) is 5.69 Å². The Kier molecular flexibility index (Phi) is 4.58. The van der Waals surface area contributed by atoms with Crippen LogP contribution in [0.4, 0.5) is 18.9 Å². The lowest BCUT2D eigenvalue weighted by molar-refractivity contribution is -0.137. The Morgan fingerprint density at radius 1 is 1.33 bits per heavy atom. The summed E-state index contributed by atoms with van der Waals surface area (Å²) in [5, 5.41) is 0. The van der Waals surface area contributed by atoms with Crippen LogP contribution in [0.15, 0.2) is 18.2 Å². The lowest BCUT2D eigenvalue weighted by Crippen LogP contribution is -2.11. The molecule has 0 unspecified atom stereocenters. The van der Waals surface area contributed by atoms with Gasteiger partial charge in [-0.15, -0.1) is 0 Å². The summed E-state index contributed by atoms with van der Waals surface area (Å²) in [6, 6.07) is 4.68. The molecular formula is C12H14F3NO2. The first kappa shape index (κ1) is 14.3. The van der Waals surface area contributed by atoms with E-state index in [4.69, 9.17) is 10.5 Å². The molecule has 0 aliphatic rings. The third-order valence-electron chi connectivity index (χ3n) is 2.17. The molecule has 18 heavy (non-hydrogen) atoms. The fourth-order valence-corrected chi connectivity index (χ4v) is 1.45. The smallest absolute Gasteiger partial charge is 0.389 e. The Morgan fingerprint density at radius 2 is 2.00 bits per heavy atom. The topological polar surface area (TPSA) is 52.3 Å². The number of benzene rings is 1. The number of halogens is 3. The summed E-state index contributed by atoms with van der Waals surface area (Å²) in [6.07, 6.45) is -5.42. The number of esters is 1.